The molecule has 0 aliphatic heterocycles. The number of rotatable bonds is 3. The minimum atomic E-state index is -4.38. The molecule has 94 valence electrons. The van der Waals surface area contributed by atoms with E-state index in [1.165, 1.54) is 12.1 Å². The van der Waals surface area contributed by atoms with Gasteiger partial charge in [0.05, 0.1) is 0 Å². The van der Waals surface area contributed by atoms with E-state index < -0.39 is 26.6 Å². The Balaban J connectivity index is 2.40. The molecule has 0 spiro atoms. The fourth-order valence-electron chi connectivity index (χ4n) is 1.32. The molecule has 0 amide bonds. The molecule has 0 heterocycles. The molecule has 0 N–H and O–H groups in total. The highest BCUT2D eigenvalue weighted by molar-refractivity contribution is 7.87. The Hall–Kier alpha value is -1.95. The number of hydrogen-bond acceptors (Lipinski definition) is 3. The van der Waals surface area contributed by atoms with E-state index in [1.807, 2.05) is 0 Å². The van der Waals surface area contributed by atoms with Crippen molar-refractivity contribution in [2.45, 2.75) is 4.90 Å². The Kier molecular flexibility index (Phi) is 3.29. The van der Waals surface area contributed by atoms with Crippen molar-refractivity contribution in [1.82, 2.24) is 0 Å². The van der Waals surface area contributed by atoms with Crippen LogP contribution in [0.2, 0.25) is 0 Å². The second kappa shape index (κ2) is 4.73. The molecule has 0 radical (unpaired) electrons. The first-order valence-corrected chi connectivity index (χ1v) is 6.34. The summed E-state index contributed by atoms with van der Waals surface area (Å²) in [6.45, 7) is 0. The Morgan fingerprint density at radius 1 is 0.944 bits per heavy atom. The van der Waals surface area contributed by atoms with Crippen LogP contribution in [-0.2, 0) is 10.1 Å². The standard InChI is InChI=1S/C12H8F2O3S/c13-9-6-7-11(14)12(8-9)18(15,16)17-10-4-2-1-3-5-10/h1-8H. The molecule has 0 unspecified atom stereocenters. The summed E-state index contributed by atoms with van der Waals surface area (Å²) in [5, 5.41) is 0. The lowest BCUT2D eigenvalue weighted by Gasteiger charge is -2.07. The molecule has 2 aromatic rings. The number of halogens is 2. The van der Waals surface area contributed by atoms with Crippen LogP contribution in [0.1, 0.15) is 0 Å². The molecule has 0 aliphatic carbocycles. The zero-order valence-electron chi connectivity index (χ0n) is 9.01. The molecule has 0 bridgehead atoms. The Morgan fingerprint density at radius 2 is 1.61 bits per heavy atom. The second-order valence-corrected chi connectivity index (χ2v) is 4.94. The fourth-order valence-corrected chi connectivity index (χ4v) is 2.33. The highest BCUT2D eigenvalue weighted by atomic mass is 32.2. The molecular formula is C12H8F2O3S. The van der Waals surface area contributed by atoms with E-state index in [-0.39, 0.29) is 5.75 Å². The van der Waals surface area contributed by atoms with Crippen LogP contribution in [-0.4, -0.2) is 8.42 Å². The van der Waals surface area contributed by atoms with E-state index in [4.69, 9.17) is 0 Å². The molecule has 0 fully saturated rings. The van der Waals surface area contributed by atoms with E-state index in [0.717, 1.165) is 12.1 Å². The monoisotopic (exact) mass is 270 g/mol. The minimum absolute atomic E-state index is 0.0289. The van der Waals surface area contributed by atoms with Crippen molar-refractivity contribution in [2.24, 2.45) is 0 Å². The summed E-state index contributed by atoms with van der Waals surface area (Å²) in [5.74, 6) is -1.89. The lowest BCUT2D eigenvalue weighted by molar-refractivity contribution is 0.474. The van der Waals surface area contributed by atoms with E-state index in [2.05, 4.69) is 4.18 Å². The Morgan fingerprint density at radius 3 is 2.28 bits per heavy atom. The van der Waals surface area contributed by atoms with Gasteiger partial charge in [-0.05, 0) is 30.3 Å². The maximum absolute atomic E-state index is 13.3. The van der Waals surface area contributed by atoms with Gasteiger partial charge in [-0.3, -0.25) is 0 Å². The summed E-state index contributed by atoms with van der Waals surface area (Å²) < 4.78 is 54.5. The van der Waals surface area contributed by atoms with Gasteiger partial charge in [0.2, 0.25) is 0 Å². The van der Waals surface area contributed by atoms with Crippen molar-refractivity contribution in [3.05, 3.63) is 60.2 Å². The van der Waals surface area contributed by atoms with Crippen molar-refractivity contribution in [3.63, 3.8) is 0 Å². The van der Waals surface area contributed by atoms with Gasteiger partial charge in [0, 0.05) is 0 Å². The smallest absolute Gasteiger partial charge is 0.342 e. The average molecular weight is 270 g/mol. The normalized spacial score (nSPS) is 11.2. The summed E-state index contributed by atoms with van der Waals surface area (Å²) in [7, 11) is -4.38. The van der Waals surface area contributed by atoms with Crippen LogP contribution in [0.3, 0.4) is 0 Å². The van der Waals surface area contributed by atoms with Crippen LogP contribution in [0.25, 0.3) is 0 Å². The summed E-state index contributed by atoms with van der Waals surface area (Å²) in [6.07, 6.45) is 0. The maximum Gasteiger partial charge on any atom is 0.342 e. The van der Waals surface area contributed by atoms with Crippen LogP contribution in [0.5, 0.6) is 5.75 Å². The van der Waals surface area contributed by atoms with Crippen LogP contribution in [0.15, 0.2) is 53.4 Å². The molecule has 0 aromatic heterocycles. The van der Waals surface area contributed by atoms with Crippen LogP contribution in [0, 0.1) is 11.6 Å². The Bertz CT molecular complexity index is 654. The molecule has 3 nitrogen and oxygen atoms in total. The molecule has 18 heavy (non-hydrogen) atoms. The summed E-state index contributed by atoms with van der Waals surface area (Å²) >= 11 is 0. The SMILES string of the molecule is O=S(=O)(Oc1ccccc1)c1cc(F)ccc1F. The third-order valence-electron chi connectivity index (χ3n) is 2.11. The van der Waals surface area contributed by atoms with Crippen LogP contribution >= 0.6 is 0 Å². The van der Waals surface area contributed by atoms with Gasteiger partial charge in [-0.2, -0.15) is 8.42 Å². The van der Waals surface area contributed by atoms with E-state index in [9.17, 15) is 17.2 Å². The number of hydrogen-bond donors (Lipinski definition) is 0. The zero-order valence-corrected chi connectivity index (χ0v) is 9.82. The molecule has 0 aliphatic rings. The van der Waals surface area contributed by atoms with Gasteiger partial charge in [0.25, 0.3) is 0 Å². The summed E-state index contributed by atoms with van der Waals surface area (Å²) in [5.41, 5.74) is 0. The van der Waals surface area contributed by atoms with Gasteiger partial charge < -0.3 is 4.18 Å². The van der Waals surface area contributed by atoms with Gasteiger partial charge in [-0.1, -0.05) is 18.2 Å². The third-order valence-corrected chi connectivity index (χ3v) is 3.38. The van der Waals surface area contributed by atoms with Crippen molar-refractivity contribution in [3.8, 4) is 5.75 Å². The Labute approximate surface area is 103 Å². The molecule has 0 saturated carbocycles. The summed E-state index contributed by atoms with van der Waals surface area (Å²) in [6, 6.07) is 9.73. The lowest BCUT2D eigenvalue weighted by Crippen LogP contribution is -2.12. The van der Waals surface area contributed by atoms with Gasteiger partial charge in [0.1, 0.15) is 22.3 Å². The quantitative estimate of drug-likeness (QED) is 0.805. The topological polar surface area (TPSA) is 43.4 Å². The maximum atomic E-state index is 13.3. The van der Waals surface area contributed by atoms with E-state index in [0.29, 0.717) is 6.07 Å². The molecule has 6 heteroatoms. The predicted molar refractivity (Wildman–Crippen MR) is 60.6 cm³/mol. The first-order chi connectivity index (χ1) is 8.49. The van der Waals surface area contributed by atoms with Crippen molar-refractivity contribution in [1.29, 1.82) is 0 Å². The molecule has 2 aromatic carbocycles. The van der Waals surface area contributed by atoms with Gasteiger partial charge in [-0.25, -0.2) is 8.78 Å². The molecule has 2 rings (SSSR count). The minimum Gasteiger partial charge on any atom is -0.379 e. The van der Waals surface area contributed by atoms with Gasteiger partial charge in [-0.15, -0.1) is 0 Å². The number of para-hydroxylation sites is 1. The highest BCUT2D eigenvalue weighted by Crippen LogP contribution is 2.21. The van der Waals surface area contributed by atoms with Crippen molar-refractivity contribution in [2.75, 3.05) is 0 Å². The molecular weight excluding hydrogens is 262 g/mol. The van der Waals surface area contributed by atoms with E-state index in [1.54, 1.807) is 18.2 Å². The largest absolute Gasteiger partial charge is 0.379 e. The molecule has 0 atom stereocenters. The number of benzene rings is 2. The zero-order chi connectivity index (χ0) is 13.2. The van der Waals surface area contributed by atoms with E-state index >= 15 is 0 Å². The van der Waals surface area contributed by atoms with Gasteiger partial charge >= 0.3 is 10.1 Å². The predicted octanol–water partition coefficient (Wildman–Crippen LogP) is 2.73. The first kappa shape index (κ1) is 12.5. The van der Waals surface area contributed by atoms with Crippen LogP contribution in [0.4, 0.5) is 8.78 Å². The lowest BCUT2D eigenvalue weighted by atomic mass is 10.3. The third kappa shape index (κ3) is 2.65. The first-order valence-electron chi connectivity index (χ1n) is 4.93. The average Bonchev–Trinajstić information content (AvgIpc) is 2.33. The van der Waals surface area contributed by atoms with Crippen molar-refractivity contribution < 1.29 is 21.4 Å². The summed E-state index contributed by atoms with van der Waals surface area (Å²) in [4.78, 5) is -0.827. The highest BCUT2D eigenvalue weighted by Gasteiger charge is 2.22. The van der Waals surface area contributed by atoms with Gasteiger partial charge in [0.15, 0.2) is 0 Å². The molecule has 0 saturated heterocycles. The fraction of sp³-hybridized carbons (Fsp3) is 0. The second-order valence-electron chi connectivity index (χ2n) is 3.43. The van der Waals surface area contributed by atoms with Crippen molar-refractivity contribution >= 4 is 10.1 Å². The van der Waals surface area contributed by atoms with Crippen LogP contribution < -0.4 is 4.18 Å².